The molecule has 4 rings (SSSR count). The summed E-state index contributed by atoms with van der Waals surface area (Å²) in [5.74, 6) is -2.24. The van der Waals surface area contributed by atoms with Crippen LogP contribution >= 0.6 is 0 Å². The van der Waals surface area contributed by atoms with E-state index in [0.717, 1.165) is 17.7 Å². The number of Topliss-reactive ketones (excluding diaryl/α,β-unsaturated/α-hetero) is 1. The topological polar surface area (TPSA) is 189 Å². The molecule has 53 heavy (non-hydrogen) atoms. The van der Waals surface area contributed by atoms with Crippen molar-refractivity contribution in [2.24, 2.45) is 23.5 Å². The quantitative estimate of drug-likeness (QED) is 0.0775. The van der Waals surface area contributed by atoms with Gasteiger partial charge in [-0.25, -0.2) is 4.79 Å². The number of ether oxygens (including phenoxy) is 3. The second-order valence-electron chi connectivity index (χ2n) is 15.6. The van der Waals surface area contributed by atoms with Crippen molar-refractivity contribution in [1.82, 2.24) is 30.5 Å². The molecule has 0 aliphatic carbocycles. The van der Waals surface area contributed by atoms with Gasteiger partial charge in [0.15, 0.2) is 5.60 Å². The molecule has 1 aromatic heterocycles. The second kappa shape index (κ2) is 18.7. The minimum Gasteiger partial charge on any atom is -0.458 e. The van der Waals surface area contributed by atoms with Crippen molar-refractivity contribution in [3.8, 4) is 11.3 Å². The number of unbranched alkanes of at least 4 members (excludes halogenated alkanes) is 1. The van der Waals surface area contributed by atoms with Crippen LogP contribution in [-0.2, 0) is 30.3 Å². The number of nitrogens with zero attached hydrogens (tertiary/aromatic N) is 4. The Labute approximate surface area is 316 Å². The van der Waals surface area contributed by atoms with E-state index in [1.807, 2.05) is 66.0 Å². The predicted octanol–water partition coefficient (Wildman–Crippen LogP) is 2.81. The average Bonchev–Trinajstić information content (AvgIpc) is 3.71. The number of nitrogens with one attached hydrogen (secondary N) is 2. The van der Waals surface area contributed by atoms with Crippen molar-refractivity contribution in [2.45, 2.75) is 115 Å². The zero-order valence-corrected chi connectivity index (χ0v) is 33.1. The molecule has 1 aromatic carbocycles. The molecule has 2 saturated heterocycles. The van der Waals surface area contributed by atoms with Crippen LogP contribution in [0.5, 0.6) is 0 Å². The number of nitrogen functional groups attached to an aromatic ring is 1. The minimum atomic E-state index is -1.20. The zero-order valence-electron chi connectivity index (χ0n) is 33.1. The Kier molecular flexibility index (Phi) is 14.9. The summed E-state index contributed by atoms with van der Waals surface area (Å²) < 4.78 is 20.4. The third kappa shape index (κ3) is 9.97. The van der Waals surface area contributed by atoms with Crippen LogP contribution in [0.25, 0.3) is 11.3 Å². The maximum atomic E-state index is 13.9. The molecule has 294 valence electrons. The molecule has 3 heterocycles. The van der Waals surface area contributed by atoms with E-state index < -0.39 is 47.2 Å². The number of fused-ring (bicyclic) bond motifs is 1. The van der Waals surface area contributed by atoms with Crippen LogP contribution < -0.4 is 22.1 Å². The summed E-state index contributed by atoms with van der Waals surface area (Å²) in [6, 6.07) is 6.82. The Morgan fingerprint density at radius 3 is 2.55 bits per heavy atom. The van der Waals surface area contributed by atoms with Gasteiger partial charge in [-0.1, -0.05) is 38.1 Å². The van der Waals surface area contributed by atoms with Gasteiger partial charge in [0.2, 0.25) is 0 Å². The highest BCUT2D eigenvalue weighted by Gasteiger charge is 2.59. The van der Waals surface area contributed by atoms with Crippen LogP contribution in [0.2, 0.25) is 5.82 Å². The Balaban J connectivity index is 1.63. The number of hydrogen-bond acceptors (Lipinski definition) is 12. The van der Waals surface area contributed by atoms with Crippen molar-refractivity contribution in [3.63, 3.8) is 0 Å². The monoisotopic (exact) mass is 738 g/mol. The lowest BCUT2D eigenvalue weighted by atomic mass is 9.62. The van der Waals surface area contributed by atoms with E-state index in [2.05, 4.69) is 27.9 Å². The average molecular weight is 739 g/mol. The SMILES string of the molecule is B[C@@H]1[C@@H](C)C(=O)[C@@H](C)C(=O)O[C@H](CC)[C@@]2(C)OC(=O)N(CCCCn3cc(-c4cccc(N)c4)nn3)[C@@H]2[C@@H](CCNCCN)NC[C@H](C)C[C@@]1(C)OC. The molecule has 14 nitrogen and oxygen atoms in total. The molecule has 0 spiro atoms. The molecule has 2 aliphatic rings. The smallest absolute Gasteiger partial charge is 0.410 e. The summed E-state index contributed by atoms with van der Waals surface area (Å²) in [7, 11) is 3.71. The minimum absolute atomic E-state index is 0.157. The maximum Gasteiger partial charge on any atom is 0.410 e. The Bertz CT molecular complexity index is 1530. The van der Waals surface area contributed by atoms with Crippen molar-refractivity contribution in [1.29, 1.82) is 0 Å². The molecule has 0 unspecified atom stereocenters. The molecule has 1 amide bonds. The predicted molar refractivity (Wildman–Crippen MR) is 208 cm³/mol. The zero-order chi connectivity index (χ0) is 38.9. The summed E-state index contributed by atoms with van der Waals surface area (Å²) in [4.78, 5) is 43.2. The Morgan fingerprint density at radius 1 is 1.13 bits per heavy atom. The van der Waals surface area contributed by atoms with Crippen molar-refractivity contribution in [2.75, 3.05) is 45.6 Å². The second-order valence-corrected chi connectivity index (χ2v) is 15.6. The number of aryl methyl sites for hydroxylation is 1. The molecule has 15 heteroatoms. The summed E-state index contributed by atoms with van der Waals surface area (Å²) in [6.07, 6.45) is 3.81. The number of carbonyl (C=O) groups is 3. The number of rotatable bonds is 13. The van der Waals surface area contributed by atoms with E-state index in [1.54, 1.807) is 23.6 Å². The van der Waals surface area contributed by atoms with Gasteiger partial charge in [-0.3, -0.25) is 19.2 Å². The van der Waals surface area contributed by atoms with Crippen LogP contribution in [0.15, 0.2) is 30.5 Å². The lowest BCUT2D eigenvalue weighted by molar-refractivity contribution is -0.170. The number of benzene rings is 1. The van der Waals surface area contributed by atoms with Crippen LogP contribution in [0.4, 0.5) is 10.5 Å². The van der Waals surface area contributed by atoms with Gasteiger partial charge in [-0.15, -0.1) is 5.10 Å². The van der Waals surface area contributed by atoms with E-state index in [0.29, 0.717) is 70.6 Å². The number of ketones is 1. The summed E-state index contributed by atoms with van der Waals surface area (Å²) in [6.45, 7) is 15.0. The lowest BCUT2D eigenvalue weighted by Gasteiger charge is -2.42. The number of hydrogen-bond donors (Lipinski definition) is 4. The molecule has 2 aromatic rings. The molecule has 0 saturated carbocycles. The highest BCUT2D eigenvalue weighted by atomic mass is 16.6. The fourth-order valence-corrected chi connectivity index (χ4v) is 8.19. The number of anilines is 1. The van der Waals surface area contributed by atoms with E-state index in [-0.39, 0.29) is 23.6 Å². The summed E-state index contributed by atoms with van der Waals surface area (Å²) in [5.41, 5.74) is 12.2. The summed E-state index contributed by atoms with van der Waals surface area (Å²) in [5, 5.41) is 15.9. The third-order valence-corrected chi connectivity index (χ3v) is 11.7. The van der Waals surface area contributed by atoms with Crippen LogP contribution in [0.3, 0.4) is 0 Å². The third-order valence-electron chi connectivity index (χ3n) is 11.7. The molecule has 6 N–H and O–H groups in total. The van der Waals surface area contributed by atoms with E-state index in [1.165, 1.54) is 0 Å². The van der Waals surface area contributed by atoms with Gasteiger partial charge in [-0.05, 0) is 89.8 Å². The van der Waals surface area contributed by atoms with Gasteiger partial charge in [0, 0.05) is 56.5 Å². The van der Waals surface area contributed by atoms with Gasteiger partial charge >= 0.3 is 12.1 Å². The molecule has 0 bridgehead atoms. The molecular weight excluding hydrogens is 675 g/mol. The van der Waals surface area contributed by atoms with Crippen LogP contribution in [-0.4, -0.2) is 115 Å². The van der Waals surface area contributed by atoms with Crippen molar-refractivity contribution >= 4 is 31.4 Å². The number of amides is 1. The first kappa shape index (κ1) is 42.2. The van der Waals surface area contributed by atoms with E-state index in [4.69, 9.17) is 25.7 Å². The highest BCUT2D eigenvalue weighted by molar-refractivity contribution is 6.15. The first-order chi connectivity index (χ1) is 25.2. The van der Waals surface area contributed by atoms with Crippen molar-refractivity contribution < 1.29 is 28.6 Å². The fraction of sp³-hybridized carbons (Fsp3) is 0.711. The number of methoxy groups -OCH3 is 1. The van der Waals surface area contributed by atoms with Gasteiger partial charge in [0.05, 0.1) is 17.8 Å². The van der Waals surface area contributed by atoms with Gasteiger partial charge in [-0.2, -0.15) is 0 Å². The summed E-state index contributed by atoms with van der Waals surface area (Å²) >= 11 is 0. The molecular formula is C38H63BN8O6. The van der Waals surface area contributed by atoms with Crippen LogP contribution in [0.1, 0.15) is 73.6 Å². The number of aromatic nitrogens is 3. The first-order valence-electron chi connectivity index (χ1n) is 19.4. The Hall–Kier alpha value is -3.53. The molecule has 2 fully saturated rings. The standard InChI is InChI=1S/C38H63BN8O6/c1-8-31-38(6)34(47(36(50)53-38)19-10-9-18-46-23-30(44-45-46)27-12-11-13-28(41)20-27)29(14-16-42-17-15-40)43-22-24(2)21-37(5,51-7)33(39)25(3)32(48)26(4)35(49)52-31/h11-13,20,23-26,29,31,33-34,42-43H,8-10,14-19,21-22,39-41H2,1-7H3/t24-,25+,26-,29-,31-,33-,34-,37-,38-/m1/s1. The number of carbonyl (C=O) groups excluding carboxylic acids is 3. The first-order valence-corrected chi connectivity index (χ1v) is 19.4. The largest absolute Gasteiger partial charge is 0.458 e. The number of esters is 1. The highest BCUT2D eigenvalue weighted by Crippen LogP contribution is 2.41. The van der Waals surface area contributed by atoms with E-state index >= 15 is 0 Å². The van der Waals surface area contributed by atoms with Crippen LogP contribution in [0, 0.1) is 17.8 Å². The fourth-order valence-electron chi connectivity index (χ4n) is 8.19. The molecule has 9 atom stereocenters. The molecule has 0 radical (unpaired) electrons. The Morgan fingerprint density at radius 2 is 1.87 bits per heavy atom. The van der Waals surface area contributed by atoms with Crippen molar-refractivity contribution in [3.05, 3.63) is 30.5 Å². The van der Waals surface area contributed by atoms with Gasteiger partial charge in [0.25, 0.3) is 0 Å². The maximum absolute atomic E-state index is 13.9. The number of cyclic esters (lactones) is 1. The normalized spacial score (nSPS) is 31.7. The van der Waals surface area contributed by atoms with Gasteiger partial charge < -0.3 is 36.3 Å². The lowest BCUT2D eigenvalue weighted by Crippen LogP contribution is -2.62. The van der Waals surface area contributed by atoms with E-state index in [9.17, 15) is 14.4 Å². The molecule has 2 aliphatic heterocycles. The number of nitrogens with two attached hydrogens (primary N) is 2. The van der Waals surface area contributed by atoms with Gasteiger partial charge in [0.1, 0.15) is 31.3 Å².